The van der Waals surface area contributed by atoms with Crippen LogP contribution in [0, 0.1) is 5.92 Å². The molecule has 2 heterocycles. The van der Waals surface area contributed by atoms with Gasteiger partial charge in [-0.15, -0.1) is 11.3 Å². The van der Waals surface area contributed by atoms with Crippen LogP contribution in [-0.2, 0) is 15.1 Å². The molecule has 1 aliphatic heterocycles. The third-order valence-corrected chi connectivity index (χ3v) is 9.07. The van der Waals surface area contributed by atoms with Gasteiger partial charge < -0.3 is 30.1 Å². The van der Waals surface area contributed by atoms with Gasteiger partial charge in [0.15, 0.2) is 0 Å². The Hall–Kier alpha value is -1.71. The lowest BCUT2D eigenvalue weighted by Gasteiger charge is -2.43. The number of amides is 2. The number of morpholine rings is 1. The molecule has 8 heteroatoms. The van der Waals surface area contributed by atoms with Crippen molar-refractivity contribution in [1.29, 1.82) is 0 Å². The van der Waals surface area contributed by atoms with E-state index < -0.39 is 11.7 Å². The number of thiophene rings is 1. The second-order valence-corrected chi connectivity index (χ2v) is 11.7. The van der Waals surface area contributed by atoms with Gasteiger partial charge in [-0.05, 0) is 55.5 Å². The Bertz CT molecular complexity index is 979. The van der Waals surface area contributed by atoms with Crippen molar-refractivity contribution in [3.8, 4) is 0 Å². The molecule has 2 aromatic rings. The molecule has 1 aromatic heterocycles. The zero-order valence-electron chi connectivity index (χ0n) is 22.5. The number of benzene rings is 1. The summed E-state index contributed by atoms with van der Waals surface area (Å²) >= 11 is 1.65. The van der Waals surface area contributed by atoms with Gasteiger partial charge in [-0.25, -0.2) is 4.79 Å². The third kappa shape index (κ3) is 7.24. The molecule has 3 atom stereocenters. The van der Waals surface area contributed by atoms with Crippen molar-refractivity contribution in [2.45, 2.75) is 75.5 Å². The fraction of sp³-hybridized carbons (Fsp3) is 0.690. The minimum Gasteiger partial charge on any atom is -0.385 e. The molecule has 2 unspecified atom stereocenters. The van der Waals surface area contributed by atoms with Crippen LogP contribution in [0.25, 0.3) is 10.1 Å². The summed E-state index contributed by atoms with van der Waals surface area (Å²) in [5.74, 6) is 0.688. The van der Waals surface area contributed by atoms with Gasteiger partial charge in [0.1, 0.15) is 11.7 Å². The van der Waals surface area contributed by atoms with Crippen LogP contribution >= 0.6 is 11.3 Å². The van der Waals surface area contributed by atoms with Crippen LogP contribution in [0.2, 0.25) is 0 Å². The summed E-state index contributed by atoms with van der Waals surface area (Å²) in [6.07, 6.45) is 9.21. The maximum Gasteiger partial charge on any atom is 0.317 e. The molecule has 0 spiro atoms. The highest BCUT2D eigenvalue weighted by Gasteiger charge is 2.43. The molecule has 1 aliphatic carbocycles. The minimum atomic E-state index is -1.19. The number of nitrogens with zero attached hydrogens (tertiary/aromatic N) is 1. The average Bonchev–Trinajstić information content (AvgIpc) is 3.41. The largest absolute Gasteiger partial charge is 0.385 e. The first kappa shape index (κ1) is 28.3. The lowest BCUT2D eigenvalue weighted by atomic mass is 9.82. The molecular formula is C29H45N3O4S. The van der Waals surface area contributed by atoms with Crippen molar-refractivity contribution in [3.63, 3.8) is 0 Å². The van der Waals surface area contributed by atoms with E-state index in [2.05, 4.69) is 28.1 Å². The lowest BCUT2D eigenvalue weighted by Crippen LogP contribution is -2.58. The number of likely N-dealkylation sites (N-methyl/N-ethyl adjacent to an activating group) is 1. The molecule has 0 radical (unpaired) electrons. The van der Waals surface area contributed by atoms with Gasteiger partial charge in [0, 0.05) is 43.1 Å². The summed E-state index contributed by atoms with van der Waals surface area (Å²) in [6, 6.07) is 8.24. The number of nitrogens with one attached hydrogen (secondary N) is 2. The van der Waals surface area contributed by atoms with Crippen LogP contribution in [0.15, 0.2) is 29.6 Å². The van der Waals surface area contributed by atoms with Gasteiger partial charge in [0.05, 0.1) is 13.2 Å². The Labute approximate surface area is 225 Å². The summed E-state index contributed by atoms with van der Waals surface area (Å²) < 4.78 is 12.6. The van der Waals surface area contributed by atoms with Crippen LogP contribution < -0.4 is 10.6 Å². The van der Waals surface area contributed by atoms with Gasteiger partial charge in [-0.3, -0.25) is 0 Å². The second kappa shape index (κ2) is 13.9. The van der Waals surface area contributed by atoms with Crippen LogP contribution in [0.5, 0.6) is 0 Å². The van der Waals surface area contributed by atoms with Crippen molar-refractivity contribution >= 4 is 27.5 Å². The van der Waals surface area contributed by atoms with Crippen molar-refractivity contribution in [1.82, 2.24) is 15.5 Å². The highest BCUT2D eigenvalue weighted by Crippen LogP contribution is 2.40. The quantitative estimate of drug-likeness (QED) is 0.340. The van der Waals surface area contributed by atoms with Crippen LogP contribution in [0.1, 0.15) is 63.4 Å². The lowest BCUT2D eigenvalue weighted by molar-refractivity contribution is -0.145. The van der Waals surface area contributed by atoms with Crippen LogP contribution in [0.3, 0.4) is 0 Å². The van der Waals surface area contributed by atoms with Crippen molar-refractivity contribution < 1.29 is 19.4 Å². The number of hydrogen-bond acceptors (Lipinski definition) is 6. The van der Waals surface area contributed by atoms with Gasteiger partial charge in [-0.1, -0.05) is 50.3 Å². The normalized spacial score (nSPS) is 21.6. The van der Waals surface area contributed by atoms with E-state index >= 15 is 0 Å². The topological polar surface area (TPSA) is 83.1 Å². The number of unbranched alkanes of at least 4 members (excludes halogenated alkanes) is 1. The van der Waals surface area contributed by atoms with Crippen LogP contribution in [-0.4, -0.2) is 75.2 Å². The molecule has 3 N–H and O–H groups in total. The number of methoxy groups -OCH3 is 1. The van der Waals surface area contributed by atoms with E-state index in [1.165, 1.54) is 32.1 Å². The molecule has 1 saturated heterocycles. The van der Waals surface area contributed by atoms with E-state index in [1.807, 2.05) is 24.1 Å². The molecular weight excluding hydrogens is 486 g/mol. The van der Waals surface area contributed by atoms with E-state index in [4.69, 9.17) is 9.47 Å². The molecule has 1 aromatic carbocycles. The van der Waals surface area contributed by atoms with E-state index in [9.17, 15) is 9.90 Å². The van der Waals surface area contributed by atoms with Crippen LogP contribution in [0.4, 0.5) is 4.79 Å². The number of carbonyl (C=O) groups excluding carboxylic acids is 1. The minimum absolute atomic E-state index is 0.0552. The smallest absolute Gasteiger partial charge is 0.317 e. The Morgan fingerprint density at radius 2 is 2.11 bits per heavy atom. The molecule has 2 amide bonds. The predicted molar refractivity (Wildman–Crippen MR) is 150 cm³/mol. The van der Waals surface area contributed by atoms with E-state index in [0.717, 1.165) is 41.5 Å². The van der Waals surface area contributed by atoms with Crippen molar-refractivity contribution in [2.75, 3.05) is 47.0 Å². The second-order valence-electron chi connectivity index (χ2n) is 10.8. The fourth-order valence-electron chi connectivity index (χ4n) is 6.10. The molecule has 0 bridgehead atoms. The number of aliphatic hydroxyl groups is 1. The van der Waals surface area contributed by atoms with Gasteiger partial charge >= 0.3 is 6.03 Å². The zero-order valence-corrected chi connectivity index (χ0v) is 23.4. The Balaban J connectivity index is 1.48. The maximum absolute atomic E-state index is 13.4. The number of carbonyl (C=O) groups is 1. The number of rotatable bonds is 12. The van der Waals surface area contributed by atoms with E-state index in [-0.39, 0.29) is 12.1 Å². The predicted octanol–water partition coefficient (Wildman–Crippen LogP) is 4.87. The van der Waals surface area contributed by atoms with E-state index in [1.54, 1.807) is 18.4 Å². The molecule has 4 rings (SSSR count). The Morgan fingerprint density at radius 1 is 1.27 bits per heavy atom. The zero-order chi connectivity index (χ0) is 26.1. The average molecular weight is 532 g/mol. The van der Waals surface area contributed by atoms with Gasteiger partial charge in [-0.2, -0.15) is 0 Å². The summed E-state index contributed by atoms with van der Waals surface area (Å²) in [5, 5.41) is 22.0. The molecule has 2 aliphatic rings. The number of urea groups is 1. The summed E-state index contributed by atoms with van der Waals surface area (Å²) in [4.78, 5) is 15.3. The number of fused-ring (bicyclic) bond motifs is 1. The fourth-order valence-corrected chi connectivity index (χ4v) is 7.09. The number of ether oxygens (including phenoxy) is 2. The van der Waals surface area contributed by atoms with Crippen molar-refractivity contribution in [2.24, 2.45) is 5.92 Å². The molecule has 206 valence electrons. The molecule has 2 fully saturated rings. The van der Waals surface area contributed by atoms with E-state index in [0.29, 0.717) is 38.6 Å². The highest BCUT2D eigenvalue weighted by molar-refractivity contribution is 7.17. The first-order valence-corrected chi connectivity index (χ1v) is 14.9. The first-order valence-electron chi connectivity index (χ1n) is 14.0. The maximum atomic E-state index is 13.4. The SMILES string of the molecule is CNCC(CC1CCCCC1)NC(=O)N1CCOC([C@@](O)(CCCCOC)c2cccc3ccsc23)C1. The van der Waals surface area contributed by atoms with Gasteiger partial charge in [0.25, 0.3) is 0 Å². The Kier molecular flexibility index (Phi) is 10.6. The van der Waals surface area contributed by atoms with Crippen molar-refractivity contribution in [3.05, 3.63) is 35.2 Å². The standard InChI is InChI=1S/C29H45N3O4S/c1-30-20-24(19-22-9-4-3-5-10-22)31-28(33)32-15-17-36-26(21-32)29(34,14-6-7-16-35-2)25-12-8-11-23-13-18-37-27(23)25/h8,11-13,18,22,24,26,30,34H,3-7,9-10,14-17,19-21H2,1-2H3,(H,31,33)/t24?,26?,29-/m1/s1. The monoisotopic (exact) mass is 531 g/mol. The summed E-state index contributed by atoms with van der Waals surface area (Å²) in [7, 11) is 3.65. The highest BCUT2D eigenvalue weighted by atomic mass is 32.1. The number of hydrogen-bond donors (Lipinski definition) is 3. The molecule has 1 saturated carbocycles. The summed E-state index contributed by atoms with van der Waals surface area (Å²) in [6.45, 7) is 2.73. The third-order valence-electron chi connectivity index (χ3n) is 8.11. The molecule has 37 heavy (non-hydrogen) atoms. The first-order chi connectivity index (χ1) is 18.0. The molecule has 7 nitrogen and oxygen atoms in total. The summed E-state index contributed by atoms with van der Waals surface area (Å²) in [5.41, 5.74) is -0.293. The Morgan fingerprint density at radius 3 is 2.89 bits per heavy atom. The van der Waals surface area contributed by atoms with Gasteiger partial charge in [0.2, 0.25) is 0 Å².